The summed E-state index contributed by atoms with van der Waals surface area (Å²) in [6.07, 6.45) is 1.74. The highest BCUT2D eigenvalue weighted by molar-refractivity contribution is 5.92. The molecule has 126 valence electrons. The molecule has 0 fully saturated rings. The lowest BCUT2D eigenvalue weighted by Gasteiger charge is -2.10. The van der Waals surface area contributed by atoms with Gasteiger partial charge in [-0.15, -0.1) is 0 Å². The van der Waals surface area contributed by atoms with Crippen molar-refractivity contribution in [1.29, 1.82) is 0 Å². The second kappa shape index (κ2) is 6.68. The largest absolute Gasteiger partial charge is 0.454 e. The fourth-order valence-corrected chi connectivity index (χ4v) is 2.74. The van der Waals surface area contributed by atoms with E-state index in [-0.39, 0.29) is 19.2 Å². The highest BCUT2D eigenvalue weighted by Gasteiger charge is 2.13. The number of ether oxygens (including phenoxy) is 2. The Morgan fingerprint density at radius 3 is 2.92 bits per heavy atom. The van der Waals surface area contributed by atoms with Gasteiger partial charge in [-0.25, -0.2) is 0 Å². The van der Waals surface area contributed by atoms with Crippen molar-refractivity contribution in [3.63, 3.8) is 0 Å². The SMILES string of the molecule is O=C(CNc1cccc2cccnc12)NCc1ccc2c(c1)OCO2. The first-order chi connectivity index (χ1) is 12.3. The van der Waals surface area contributed by atoms with Gasteiger partial charge in [0.25, 0.3) is 0 Å². The van der Waals surface area contributed by atoms with Crippen LogP contribution >= 0.6 is 0 Å². The molecule has 1 amide bonds. The molecule has 4 rings (SSSR count). The number of hydrogen-bond acceptors (Lipinski definition) is 5. The average Bonchev–Trinajstić information content (AvgIpc) is 3.12. The summed E-state index contributed by atoms with van der Waals surface area (Å²) in [5.74, 6) is 1.36. The number of rotatable bonds is 5. The number of amides is 1. The summed E-state index contributed by atoms with van der Waals surface area (Å²) in [6, 6.07) is 15.4. The van der Waals surface area contributed by atoms with E-state index in [0.29, 0.717) is 12.3 Å². The molecule has 6 heteroatoms. The molecule has 0 radical (unpaired) electrons. The number of para-hydroxylation sites is 1. The van der Waals surface area contributed by atoms with E-state index in [1.807, 2.05) is 48.5 Å². The molecule has 0 saturated heterocycles. The molecule has 1 aliphatic rings. The molecule has 0 unspecified atom stereocenters. The summed E-state index contributed by atoms with van der Waals surface area (Å²) < 4.78 is 10.6. The van der Waals surface area contributed by atoms with Crippen LogP contribution in [0.25, 0.3) is 10.9 Å². The summed E-state index contributed by atoms with van der Waals surface area (Å²) in [7, 11) is 0. The fraction of sp³-hybridized carbons (Fsp3) is 0.158. The van der Waals surface area contributed by atoms with Crippen molar-refractivity contribution >= 4 is 22.5 Å². The van der Waals surface area contributed by atoms with Crippen LogP contribution < -0.4 is 20.1 Å². The Bertz CT molecular complexity index is 921. The maximum absolute atomic E-state index is 12.1. The average molecular weight is 335 g/mol. The molecule has 1 aliphatic heterocycles. The number of carbonyl (C=O) groups excluding carboxylic acids is 1. The first-order valence-corrected chi connectivity index (χ1v) is 8.02. The third-order valence-corrected chi connectivity index (χ3v) is 4.00. The van der Waals surface area contributed by atoms with Crippen LogP contribution in [0.4, 0.5) is 5.69 Å². The monoisotopic (exact) mass is 335 g/mol. The van der Waals surface area contributed by atoms with Crippen LogP contribution in [0, 0.1) is 0 Å². The van der Waals surface area contributed by atoms with Crippen molar-refractivity contribution < 1.29 is 14.3 Å². The lowest BCUT2D eigenvalue weighted by Crippen LogP contribution is -2.29. The Morgan fingerprint density at radius 1 is 1.08 bits per heavy atom. The number of benzene rings is 2. The molecule has 6 nitrogen and oxygen atoms in total. The molecule has 25 heavy (non-hydrogen) atoms. The predicted molar refractivity (Wildman–Crippen MR) is 94.6 cm³/mol. The number of pyridine rings is 1. The molecule has 0 atom stereocenters. The van der Waals surface area contributed by atoms with Crippen molar-refractivity contribution in [2.24, 2.45) is 0 Å². The standard InChI is InChI=1S/C19H17N3O3/c23-18(22-10-13-6-7-16-17(9-13)25-12-24-16)11-21-15-5-1-3-14-4-2-8-20-19(14)15/h1-9,21H,10-12H2,(H,22,23). The number of nitrogens with zero attached hydrogens (tertiary/aromatic N) is 1. The van der Waals surface area contributed by atoms with Gasteiger partial charge in [-0.2, -0.15) is 0 Å². The van der Waals surface area contributed by atoms with E-state index in [1.54, 1.807) is 6.20 Å². The maximum Gasteiger partial charge on any atom is 0.239 e. The smallest absolute Gasteiger partial charge is 0.239 e. The van der Waals surface area contributed by atoms with Crippen molar-refractivity contribution in [2.45, 2.75) is 6.54 Å². The van der Waals surface area contributed by atoms with Crippen LogP contribution in [0.15, 0.2) is 54.7 Å². The number of aromatic nitrogens is 1. The number of fused-ring (bicyclic) bond motifs is 2. The summed E-state index contributed by atoms with van der Waals surface area (Å²) in [5, 5.41) is 7.07. The molecule has 2 N–H and O–H groups in total. The minimum Gasteiger partial charge on any atom is -0.454 e. The molecule has 3 aromatic rings. The minimum atomic E-state index is -0.0920. The summed E-state index contributed by atoms with van der Waals surface area (Å²) in [6.45, 7) is 0.860. The quantitative estimate of drug-likeness (QED) is 0.750. The van der Waals surface area contributed by atoms with Crippen molar-refractivity contribution in [3.05, 3.63) is 60.3 Å². The summed E-state index contributed by atoms with van der Waals surface area (Å²) in [4.78, 5) is 16.5. The Morgan fingerprint density at radius 2 is 1.96 bits per heavy atom. The lowest BCUT2D eigenvalue weighted by atomic mass is 10.2. The van der Waals surface area contributed by atoms with Gasteiger partial charge in [0.1, 0.15) is 0 Å². The van der Waals surface area contributed by atoms with Crippen LogP contribution in [-0.4, -0.2) is 24.2 Å². The Labute approximate surface area is 144 Å². The molecule has 0 bridgehead atoms. The van der Waals surface area contributed by atoms with Crippen molar-refractivity contribution in [3.8, 4) is 11.5 Å². The normalized spacial score (nSPS) is 12.2. The number of carbonyl (C=O) groups is 1. The van der Waals surface area contributed by atoms with Crippen LogP contribution in [0.5, 0.6) is 11.5 Å². The lowest BCUT2D eigenvalue weighted by molar-refractivity contribution is -0.119. The van der Waals surface area contributed by atoms with Crippen LogP contribution in [0.3, 0.4) is 0 Å². The number of anilines is 1. The van der Waals surface area contributed by atoms with E-state index in [0.717, 1.165) is 27.9 Å². The third-order valence-electron chi connectivity index (χ3n) is 4.00. The van der Waals surface area contributed by atoms with Gasteiger partial charge in [-0.3, -0.25) is 9.78 Å². The van der Waals surface area contributed by atoms with E-state index in [2.05, 4.69) is 15.6 Å². The van der Waals surface area contributed by atoms with Gasteiger partial charge in [-0.1, -0.05) is 24.3 Å². The van der Waals surface area contributed by atoms with Gasteiger partial charge >= 0.3 is 0 Å². The molecule has 2 heterocycles. The zero-order valence-electron chi connectivity index (χ0n) is 13.5. The van der Waals surface area contributed by atoms with Gasteiger partial charge in [-0.05, 0) is 29.8 Å². The van der Waals surface area contributed by atoms with Crippen LogP contribution in [-0.2, 0) is 11.3 Å². The topological polar surface area (TPSA) is 72.5 Å². The maximum atomic E-state index is 12.1. The third kappa shape index (κ3) is 3.33. The van der Waals surface area contributed by atoms with E-state index in [9.17, 15) is 4.79 Å². The predicted octanol–water partition coefficient (Wildman–Crippen LogP) is 2.69. The Balaban J connectivity index is 1.35. The zero-order chi connectivity index (χ0) is 17.1. The second-order valence-electron chi connectivity index (χ2n) is 5.70. The van der Waals surface area contributed by atoms with Gasteiger partial charge < -0.3 is 20.1 Å². The van der Waals surface area contributed by atoms with Crippen LogP contribution in [0.1, 0.15) is 5.56 Å². The fourth-order valence-electron chi connectivity index (χ4n) is 2.74. The summed E-state index contributed by atoms with van der Waals surface area (Å²) >= 11 is 0. The van der Waals surface area contributed by atoms with Gasteiger partial charge in [0.05, 0.1) is 17.7 Å². The molecular weight excluding hydrogens is 318 g/mol. The zero-order valence-corrected chi connectivity index (χ0v) is 13.5. The molecule has 0 spiro atoms. The van der Waals surface area contributed by atoms with E-state index >= 15 is 0 Å². The molecule has 0 saturated carbocycles. The van der Waals surface area contributed by atoms with E-state index in [1.165, 1.54) is 0 Å². The van der Waals surface area contributed by atoms with E-state index < -0.39 is 0 Å². The second-order valence-corrected chi connectivity index (χ2v) is 5.70. The highest BCUT2D eigenvalue weighted by Crippen LogP contribution is 2.32. The molecular formula is C19H17N3O3. The Kier molecular flexibility index (Phi) is 4.08. The highest BCUT2D eigenvalue weighted by atomic mass is 16.7. The molecule has 1 aromatic heterocycles. The number of nitrogens with one attached hydrogen (secondary N) is 2. The first kappa shape index (κ1) is 15.3. The first-order valence-electron chi connectivity index (χ1n) is 8.02. The van der Waals surface area contributed by atoms with Crippen molar-refractivity contribution in [2.75, 3.05) is 18.7 Å². The van der Waals surface area contributed by atoms with Gasteiger partial charge in [0, 0.05) is 18.1 Å². The van der Waals surface area contributed by atoms with Gasteiger partial charge in [0.2, 0.25) is 12.7 Å². The summed E-state index contributed by atoms with van der Waals surface area (Å²) in [5.41, 5.74) is 2.66. The number of hydrogen-bond donors (Lipinski definition) is 2. The molecule has 0 aliphatic carbocycles. The Hall–Kier alpha value is -3.28. The molecule has 2 aromatic carbocycles. The minimum absolute atomic E-state index is 0.0920. The van der Waals surface area contributed by atoms with Gasteiger partial charge in [0.15, 0.2) is 11.5 Å². The van der Waals surface area contributed by atoms with Crippen LogP contribution in [0.2, 0.25) is 0 Å². The van der Waals surface area contributed by atoms with Crippen molar-refractivity contribution in [1.82, 2.24) is 10.3 Å². The van der Waals surface area contributed by atoms with E-state index in [4.69, 9.17) is 9.47 Å².